The largest absolute Gasteiger partial charge is 0.481 e. The molecule has 0 amide bonds. The lowest BCUT2D eigenvalue weighted by Crippen LogP contribution is -2.49. The van der Waals surface area contributed by atoms with E-state index in [-0.39, 0.29) is 19.1 Å². The Kier molecular flexibility index (Phi) is 12.8. The van der Waals surface area contributed by atoms with Crippen molar-refractivity contribution in [2.45, 2.75) is 87.7 Å². The average molecular weight is 493 g/mol. The van der Waals surface area contributed by atoms with Crippen LogP contribution in [0.15, 0.2) is 12.7 Å². The molecule has 1 aliphatic rings. The highest BCUT2D eigenvalue weighted by molar-refractivity contribution is 5.80. The van der Waals surface area contributed by atoms with Crippen molar-refractivity contribution in [3.05, 3.63) is 12.7 Å². The van der Waals surface area contributed by atoms with E-state index in [0.29, 0.717) is 32.1 Å². The van der Waals surface area contributed by atoms with Crippen molar-refractivity contribution in [2.24, 2.45) is 5.41 Å². The lowest BCUT2D eigenvalue weighted by Gasteiger charge is -2.35. The van der Waals surface area contributed by atoms with Crippen LogP contribution in [0.3, 0.4) is 0 Å². The van der Waals surface area contributed by atoms with E-state index < -0.39 is 73.3 Å². The molecular formula is C22H36O12. The fraction of sp³-hybridized carbons (Fsp3) is 0.773. The van der Waals surface area contributed by atoms with Crippen molar-refractivity contribution in [3.63, 3.8) is 0 Å². The average Bonchev–Trinajstić information content (AvgIpc) is 3.12. The lowest BCUT2D eigenvalue weighted by atomic mass is 9.75. The molecule has 0 spiro atoms. The van der Waals surface area contributed by atoms with Gasteiger partial charge < -0.3 is 50.0 Å². The molecule has 1 aliphatic heterocycles. The second kappa shape index (κ2) is 14.5. The highest BCUT2D eigenvalue weighted by Gasteiger charge is 2.56. The molecule has 1 rings (SSSR count). The first kappa shape index (κ1) is 30.1. The van der Waals surface area contributed by atoms with Gasteiger partial charge >= 0.3 is 11.9 Å². The summed E-state index contributed by atoms with van der Waals surface area (Å²) in [6, 6.07) is 0. The molecule has 12 nitrogen and oxygen atoms in total. The SMILES string of the molecule is C=CC(CCCCCCCC(=O)O)(C(=O)OC[C@@H](O)[C@@H](O)[C@@H](O)C=O)C1O[C@H](CO)[C@@H](O)[C@H]1O. The van der Waals surface area contributed by atoms with Crippen LogP contribution in [-0.4, -0.2) is 110 Å². The van der Waals surface area contributed by atoms with Crippen LogP contribution in [0, 0.1) is 5.41 Å². The number of rotatable bonds is 17. The lowest BCUT2D eigenvalue weighted by molar-refractivity contribution is -0.172. The Morgan fingerprint density at radius 2 is 1.68 bits per heavy atom. The summed E-state index contributed by atoms with van der Waals surface area (Å²) in [5, 5.41) is 67.7. The van der Waals surface area contributed by atoms with Gasteiger partial charge in [-0.3, -0.25) is 9.59 Å². The van der Waals surface area contributed by atoms with Crippen molar-refractivity contribution in [3.8, 4) is 0 Å². The van der Waals surface area contributed by atoms with E-state index in [1.54, 1.807) is 0 Å². The monoisotopic (exact) mass is 492 g/mol. The van der Waals surface area contributed by atoms with Gasteiger partial charge in [-0.1, -0.05) is 31.8 Å². The first-order valence-electron chi connectivity index (χ1n) is 11.2. The number of aliphatic carboxylic acids is 1. The number of carbonyl (C=O) groups excluding carboxylic acids is 2. The molecule has 8 atom stereocenters. The first-order chi connectivity index (χ1) is 16.0. The number of esters is 1. The van der Waals surface area contributed by atoms with E-state index in [1.807, 2.05) is 0 Å². The standard InChI is InChI=1S/C22H36O12/c1-2-22(9-7-5-3-4-6-8-16(27)28,20-19(31)18(30)15(11-24)34-20)21(32)33-12-14(26)17(29)13(25)10-23/h2,10,13-15,17-20,24-26,29-31H,1,3-9,11-12H2,(H,27,28)/t13-,14+,15+,17-,18+,19+,20?,22?/m0/s1. The third-order valence-electron chi connectivity index (χ3n) is 6.04. The van der Waals surface area contributed by atoms with Gasteiger partial charge in [0.05, 0.1) is 6.61 Å². The van der Waals surface area contributed by atoms with E-state index >= 15 is 0 Å². The quantitative estimate of drug-likeness (QED) is 0.0523. The second-order valence-corrected chi connectivity index (χ2v) is 8.45. The minimum Gasteiger partial charge on any atom is -0.481 e. The molecule has 0 radical (unpaired) electrons. The fourth-order valence-electron chi connectivity index (χ4n) is 3.91. The summed E-state index contributed by atoms with van der Waals surface area (Å²) in [5.74, 6) is -1.87. The molecule has 0 bridgehead atoms. The summed E-state index contributed by atoms with van der Waals surface area (Å²) in [6.07, 6.45) is -6.93. The van der Waals surface area contributed by atoms with Crippen LogP contribution >= 0.6 is 0 Å². The highest BCUT2D eigenvalue weighted by Crippen LogP contribution is 2.41. The molecule has 196 valence electrons. The van der Waals surface area contributed by atoms with Gasteiger partial charge in [-0.25, -0.2) is 0 Å². The fourth-order valence-corrected chi connectivity index (χ4v) is 3.91. The summed E-state index contributed by atoms with van der Waals surface area (Å²) >= 11 is 0. The zero-order valence-electron chi connectivity index (χ0n) is 18.9. The van der Waals surface area contributed by atoms with Crippen LogP contribution in [0.2, 0.25) is 0 Å². The second-order valence-electron chi connectivity index (χ2n) is 8.45. The normalized spacial score (nSPS) is 26.8. The number of ether oxygens (including phenoxy) is 2. The molecule has 7 N–H and O–H groups in total. The first-order valence-corrected chi connectivity index (χ1v) is 11.2. The maximum Gasteiger partial charge on any atom is 0.318 e. The van der Waals surface area contributed by atoms with Crippen LogP contribution in [0.25, 0.3) is 0 Å². The predicted molar refractivity (Wildman–Crippen MR) is 115 cm³/mol. The number of aliphatic hydroxyl groups excluding tert-OH is 6. The van der Waals surface area contributed by atoms with Gasteiger partial charge in [0.2, 0.25) is 0 Å². The predicted octanol–water partition coefficient (Wildman–Crippen LogP) is -1.72. The molecule has 1 fully saturated rings. The Morgan fingerprint density at radius 3 is 2.21 bits per heavy atom. The Hall–Kier alpha value is -1.93. The molecule has 1 saturated heterocycles. The van der Waals surface area contributed by atoms with E-state index in [4.69, 9.17) is 14.6 Å². The van der Waals surface area contributed by atoms with Crippen LogP contribution in [0.4, 0.5) is 0 Å². The third kappa shape index (κ3) is 7.80. The van der Waals surface area contributed by atoms with Crippen LogP contribution < -0.4 is 0 Å². The summed E-state index contributed by atoms with van der Waals surface area (Å²) in [7, 11) is 0. The molecule has 0 aliphatic carbocycles. The molecule has 1 heterocycles. The summed E-state index contributed by atoms with van der Waals surface area (Å²) in [4.78, 5) is 34.3. The van der Waals surface area contributed by atoms with Gasteiger partial charge in [-0.05, 0) is 12.8 Å². The Morgan fingerprint density at radius 1 is 1.06 bits per heavy atom. The number of aldehydes is 1. The van der Waals surface area contributed by atoms with Gasteiger partial charge in [0.15, 0.2) is 6.29 Å². The minimum absolute atomic E-state index is 0.0132. The minimum atomic E-state index is -1.90. The Labute approximate surface area is 197 Å². The smallest absolute Gasteiger partial charge is 0.318 e. The summed E-state index contributed by atoms with van der Waals surface area (Å²) in [6.45, 7) is 2.26. The molecular weight excluding hydrogens is 456 g/mol. The van der Waals surface area contributed by atoms with E-state index in [1.165, 1.54) is 6.08 Å². The number of carboxylic acids is 1. The zero-order chi connectivity index (χ0) is 25.9. The third-order valence-corrected chi connectivity index (χ3v) is 6.04. The molecule has 0 aromatic carbocycles. The van der Waals surface area contributed by atoms with Gasteiger partial charge in [-0.15, -0.1) is 6.58 Å². The molecule has 2 unspecified atom stereocenters. The van der Waals surface area contributed by atoms with Crippen LogP contribution in [-0.2, 0) is 23.9 Å². The number of carboxylic acid groups (broad SMARTS) is 1. The van der Waals surface area contributed by atoms with Gasteiger partial charge in [0.1, 0.15) is 54.7 Å². The zero-order valence-corrected chi connectivity index (χ0v) is 18.9. The highest BCUT2D eigenvalue weighted by atomic mass is 16.6. The molecule has 0 aromatic rings. The molecule has 0 aromatic heterocycles. The molecule has 34 heavy (non-hydrogen) atoms. The Bertz CT molecular complexity index is 670. The van der Waals surface area contributed by atoms with Crippen molar-refractivity contribution >= 4 is 18.2 Å². The Balaban J connectivity index is 2.93. The van der Waals surface area contributed by atoms with Crippen LogP contribution in [0.5, 0.6) is 0 Å². The van der Waals surface area contributed by atoms with Gasteiger partial charge in [0, 0.05) is 6.42 Å². The van der Waals surface area contributed by atoms with E-state index in [9.17, 15) is 45.0 Å². The number of aliphatic hydroxyl groups is 6. The van der Waals surface area contributed by atoms with Gasteiger partial charge in [-0.2, -0.15) is 0 Å². The maximum absolute atomic E-state index is 13.1. The van der Waals surface area contributed by atoms with Crippen LogP contribution in [0.1, 0.15) is 44.9 Å². The number of hydrogen-bond donors (Lipinski definition) is 7. The molecule has 12 heteroatoms. The number of carbonyl (C=O) groups is 3. The van der Waals surface area contributed by atoms with E-state index in [2.05, 4.69) is 6.58 Å². The van der Waals surface area contributed by atoms with E-state index in [0.717, 1.165) is 0 Å². The summed E-state index contributed by atoms with van der Waals surface area (Å²) < 4.78 is 10.7. The summed E-state index contributed by atoms with van der Waals surface area (Å²) in [5.41, 5.74) is -1.70. The van der Waals surface area contributed by atoms with Gasteiger partial charge in [0.25, 0.3) is 0 Å². The molecule has 0 saturated carbocycles. The number of hydrogen-bond acceptors (Lipinski definition) is 11. The van der Waals surface area contributed by atoms with Crippen molar-refractivity contribution < 1.29 is 59.6 Å². The van der Waals surface area contributed by atoms with Crippen molar-refractivity contribution in [1.29, 1.82) is 0 Å². The topological polar surface area (TPSA) is 211 Å². The van der Waals surface area contributed by atoms with Crippen molar-refractivity contribution in [1.82, 2.24) is 0 Å². The maximum atomic E-state index is 13.1. The number of unbranched alkanes of at least 4 members (excludes halogenated alkanes) is 4. The van der Waals surface area contributed by atoms with Crippen molar-refractivity contribution in [2.75, 3.05) is 13.2 Å².